The standard InChI is InChI=1S/C16H13N3O3/c17-9-10-5-6-13(14(7-10)19(21)22)18-16-12-4-2-1-3-11(12)8-15(16)20/h1-7,15-16,18,20H,8H2/t15-,16+/m0/s1. The summed E-state index contributed by atoms with van der Waals surface area (Å²) >= 11 is 0. The van der Waals surface area contributed by atoms with Crippen LogP contribution in [0.3, 0.4) is 0 Å². The van der Waals surface area contributed by atoms with E-state index in [1.165, 1.54) is 18.2 Å². The average molecular weight is 295 g/mol. The number of aliphatic hydroxyl groups is 1. The number of rotatable bonds is 3. The Morgan fingerprint density at radius 2 is 2.09 bits per heavy atom. The normalized spacial score (nSPS) is 19.3. The molecule has 22 heavy (non-hydrogen) atoms. The lowest BCUT2D eigenvalue weighted by Crippen LogP contribution is -2.21. The topological polar surface area (TPSA) is 99.2 Å². The average Bonchev–Trinajstić information content (AvgIpc) is 2.83. The summed E-state index contributed by atoms with van der Waals surface area (Å²) in [6.45, 7) is 0. The van der Waals surface area contributed by atoms with Gasteiger partial charge in [-0.25, -0.2) is 0 Å². The quantitative estimate of drug-likeness (QED) is 0.669. The van der Waals surface area contributed by atoms with Crippen LogP contribution in [-0.4, -0.2) is 16.1 Å². The van der Waals surface area contributed by atoms with Crippen molar-refractivity contribution in [3.63, 3.8) is 0 Å². The Balaban J connectivity index is 1.97. The number of nitro benzene ring substituents is 1. The Bertz CT molecular complexity index is 782. The third kappa shape index (κ3) is 2.38. The second-order valence-electron chi connectivity index (χ2n) is 5.19. The first-order valence-corrected chi connectivity index (χ1v) is 6.81. The Labute approximate surface area is 126 Å². The Kier molecular flexibility index (Phi) is 3.49. The number of nitrogens with one attached hydrogen (secondary N) is 1. The van der Waals surface area contributed by atoms with Gasteiger partial charge in [0.2, 0.25) is 0 Å². The van der Waals surface area contributed by atoms with E-state index in [4.69, 9.17) is 5.26 Å². The van der Waals surface area contributed by atoms with Gasteiger partial charge in [-0.1, -0.05) is 24.3 Å². The first kappa shape index (κ1) is 14.0. The van der Waals surface area contributed by atoms with Crippen LogP contribution >= 0.6 is 0 Å². The van der Waals surface area contributed by atoms with Gasteiger partial charge in [-0.2, -0.15) is 5.26 Å². The van der Waals surface area contributed by atoms with Crippen LogP contribution in [0.5, 0.6) is 0 Å². The van der Waals surface area contributed by atoms with E-state index >= 15 is 0 Å². The van der Waals surface area contributed by atoms with Gasteiger partial charge in [-0.15, -0.1) is 0 Å². The molecule has 0 aromatic heterocycles. The maximum absolute atomic E-state index is 11.2. The lowest BCUT2D eigenvalue weighted by Gasteiger charge is -2.19. The van der Waals surface area contributed by atoms with Crippen molar-refractivity contribution >= 4 is 11.4 Å². The highest BCUT2D eigenvalue weighted by atomic mass is 16.6. The number of nitriles is 1. The van der Waals surface area contributed by atoms with Crippen molar-refractivity contribution in [1.29, 1.82) is 5.26 Å². The molecule has 2 atom stereocenters. The fraction of sp³-hybridized carbons (Fsp3) is 0.188. The molecule has 0 spiro atoms. The SMILES string of the molecule is N#Cc1ccc(N[C@@H]2c3ccccc3C[C@@H]2O)c([N+](=O)[O-])c1. The summed E-state index contributed by atoms with van der Waals surface area (Å²) in [6.07, 6.45) is -0.134. The van der Waals surface area contributed by atoms with Gasteiger partial charge in [0.1, 0.15) is 5.69 Å². The van der Waals surface area contributed by atoms with Crippen LogP contribution in [0, 0.1) is 21.4 Å². The van der Waals surface area contributed by atoms with Gasteiger partial charge in [0.15, 0.2) is 0 Å². The molecule has 110 valence electrons. The molecule has 6 nitrogen and oxygen atoms in total. The number of nitro groups is 1. The highest BCUT2D eigenvalue weighted by Gasteiger charge is 2.32. The molecule has 3 rings (SSSR count). The number of benzene rings is 2. The van der Waals surface area contributed by atoms with Gasteiger partial charge in [0.05, 0.1) is 28.7 Å². The molecule has 0 heterocycles. The number of hydrogen-bond donors (Lipinski definition) is 2. The fourth-order valence-electron chi connectivity index (χ4n) is 2.79. The van der Waals surface area contributed by atoms with Crippen molar-refractivity contribution in [3.05, 3.63) is 69.3 Å². The molecular formula is C16H13N3O3. The van der Waals surface area contributed by atoms with Crippen LogP contribution in [-0.2, 0) is 6.42 Å². The predicted octanol–water partition coefficient (Wildman–Crippen LogP) is 2.54. The van der Waals surface area contributed by atoms with E-state index in [0.29, 0.717) is 12.1 Å². The third-order valence-electron chi connectivity index (χ3n) is 3.84. The molecule has 0 saturated carbocycles. The Morgan fingerprint density at radius 3 is 2.82 bits per heavy atom. The first-order chi connectivity index (χ1) is 10.6. The minimum absolute atomic E-state index is 0.171. The number of hydrogen-bond acceptors (Lipinski definition) is 5. The van der Waals surface area contributed by atoms with E-state index in [1.54, 1.807) is 0 Å². The summed E-state index contributed by atoms with van der Waals surface area (Å²) in [5.74, 6) is 0. The van der Waals surface area contributed by atoms with Crippen LogP contribution in [0.25, 0.3) is 0 Å². The van der Waals surface area contributed by atoms with Crippen LogP contribution < -0.4 is 5.32 Å². The summed E-state index contributed by atoms with van der Waals surface area (Å²) < 4.78 is 0. The molecule has 0 amide bonds. The maximum Gasteiger partial charge on any atom is 0.293 e. The van der Waals surface area contributed by atoms with E-state index in [0.717, 1.165) is 11.1 Å². The largest absolute Gasteiger partial charge is 0.390 e. The molecule has 0 unspecified atom stereocenters. The molecule has 0 fully saturated rings. The van der Waals surface area contributed by atoms with Crippen molar-refractivity contribution in [3.8, 4) is 6.07 Å². The number of aliphatic hydroxyl groups excluding tert-OH is 1. The number of fused-ring (bicyclic) bond motifs is 1. The van der Waals surface area contributed by atoms with Crippen LogP contribution in [0.1, 0.15) is 22.7 Å². The van der Waals surface area contributed by atoms with Gasteiger partial charge in [-0.3, -0.25) is 10.1 Å². The molecule has 1 aliphatic rings. The third-order valence-corrected chi connectivity index (χ3v) is 3.84. The van der Waals surface area contributed by atoms with Crippen molar-refractivity contribution in [2.45, 2.75) is 18.6 Å². The maximum atomic E-state index is 11.2. The molecule has 0 radical (unpaired) electrons. The van der Waals surface area contributed by atoms with Crippen LogP contribution in [0.2, 0.25) is 0 Å². The highest BCUT2D eigenvalue weighted by Crippen LogP contribution is 2.36. The van der Waals surface area contributed by atoms with Gasteiger partial charge >= 0.3 is 0 Å². The molecule has 2 aromatic rings. The fourth-order valence-corrected chi connectivity index (χ4v) is 2.79. The van der Waals surface area contributed by atoms with Crippen LogP contribution in [0.4, 0.5) is 11.4 Å². The summed E-state index contributed by atoms with van der Waals surface area (Å²) in [4.78, 5) is 10.7. The van der Waals surface area contributed by atoms with Gasteiger partial charge < -0.3 is 10.4 Å². The summed E-state index contributed by atoms with van der Waals surface area (Å²) in [6, 6.07) is 13.4. The highest BCUT2D eigenvalue weighted by molar-refractivity contribution is 5.65. The monoisotopic (exact) mass is 295 g/mol. The minimum Gasteiger partial charge on any atom is -0.390 e. The zero-order valence-corrected chi connectivity index (χ0v) is 11.6. The molecular weight excluding hydrogens is 282 g/mol. The molecule has 1 aliphatic carbocycles. The zero-order chi connectivity index (χ0) is 15.7. The Morgan fingerprint density at radius 1 is 1.32 bits per heavy atom. The van der Waals surface area contributed by atoms with Gasteiger partial charge in [-0.05, 0) is 23.3 Å². The van der Waals surface area contributed by atoms with Gasteiger partial charge in [0, 0.05) is 12.5 Å². The molecule has 2 N–H and O–H groups in total. The van der Waals surface area contributed by atoms with E-state index in [2.05, 4.69) is 5.32 Å². The summed E-state index contributed by atoms with van der Waals surface area (Å²) in [7, 11) is 0. The molecule has 0 aliphatic heterocycles. The van der Waals surface area contributed by atoms with Crippen molar-refractivity contribution in [2.24, 2.45) is 0 Å². The summed E-state index contributed by atoms with van der Waals surface area (Å²) in [5, 5.41) is 33.3. The number of anilines is 1. The molecule has 0 saturated heterocycles. The lowest BCUT2D eigenvalue weighted by atomic mass is 10.1. The summed E-state index contributed by atoms with van der Waals surface area (Å²) in [5.41, 5.74) is 2.32. The van der Waals surface area contributed by atoms with Gasteiger partial charge in [0.25, 0.3) is 5.69 Å². The Hall–Kier alpha value is -2.91. The van der Waals surface area contributed by atoms with E-state index in [9.17, 15) is 15.2 Å². The van der Waals surface area contributed by atoms with Crippen molar-refractivity contribution in [1.82, 2.24) is 0 Å². The second-order valence-corrected chi connectivity index (χ2v) is 5.19. The lowest BCUT2D eigenvalue weighted by molar-refractivity contribution is -0.384. The zero-order valence-electron chi connectivity index (χ0n) is 11.6. The van der Waals surface area contributed by atoms with E-state index in [1.807, 2.05) is 30.3 Å². The molecule has 2 aromatic carbocycles. The molecule has 0 bridgehead atoms. The second kappa shape index (κ2) is 5.47. The smallest absolute Gasteiger partial charge is 0.293 e. The van der Waals surface area contributed by atoms with E-state index in [-0.39, 0.29) is 11.3 Å². The van der Waals surface area contributed by atoms with Crippen LogP contribution in [0.15, 0.2) is 42.5 Å². The first-order valence-electron chi connectivity index (χ1n) is 6.81. The minimum atomic E-state index is -0.646. The molecule has 6 heteroatoms. The van der Waals surface area contributed by atoms with E-state index < -0.39 is 17.1 Å². The number of nitrogens with zero attached hydrogens (tertiary/aromatic N) is 2. The van der Waals surface area contributed by atoms with Crippen molar-refractivity contribution < 1.29 is 10.0 Å². The van der Waals surface area contributed by atoms with Crippen molar-refractivity contribution in [2.75, 3.05) is 5.32 Å². The predicted molar refractivity (Wildman–Crippen MR) is 80.3 cm³/mol.